The molecule has 19 heavy (non-hydrogen) atoms. The Morgan fingerprint density at radius 3 is 2.84 bits per heavy atom. The van der Waals surface area contributed by atoms with Crippen LogP contribution in [0.25, 0.3) is 10.8 Å². The number of aromatic amines is 1. The lowest BCUT2D eigenvalue weighted by atomic mass is 10.0. The standard InChI is InChI=1S/C14H14N4S/c15-12(10-4-2-1-3-5-10)8-11-9-19-14(18-11)13-16-6-7-17-13/h1-7,9,12H,8,15H2,(H,16,17). The molecular weight excluding hydrogens is 256 g/mol. The SMILES string of the molecule is NC(Cc1csc(-c2ncc[nH]2)n1)c1ccccc1. The predicted molar refractivity (Wildman–Crippen MR) is 76.8 cm³/mol. The van der Waals surface area contributed by atoms with Crippen molar-refractivity contribution in [1.82, 2.24) is 15.0 Å². The Labute approximate surface area is 115 Å². The Morgan fingerprint density at radius 2 is 2.11 bits per heavy atom. The van der Waals surface area contributed by atoms with Crippen LogP contribution in [0.2, 0.25) is 0 Å². The molecule has 2 heterocycles. The van der Waals surface area contributed by atoms with Crippen LogP contribution in [0.15, 0.2) is 48.1 Å². The van der Waals surface area contributed by atoms with Gasteiger partial charge in [-0.25, -0.2) is 9.97 Å². The predicted octanol–water partition coefficient (Wildman–Crippen LogP) is 2.78. The molecule has 0 radical (unpaired) electrons. The second-order valence-corrected chi connectivity index (χ2v) is 5.16. The fourth-order valence-corrected chi connectivity index (χ4v) is 2.72. The quantitative estimate of drug-likeness (QED) is 0.766. The van der Waals surface area contributed by atoms with E-state index in [9.17, 15) is 0 Å². The number of imidazole rings is 1. The topological polar surface area (TPSA) is 67.6 Å². The van der Waals surface area contributed by atoms with Crippen LogP contribution in [0.1, 0.15) is 17.3 Å². The number of nitrogens with one attached hydrogen (secondary N) is 1. The van der Waals surface area contributed by atoms with E-state index in [4.69, 9.17) is 5.73 Å². The minimum Gasteiger partial charge on any atom is -0.343 e. The zero-order chi connectivity index (χ0) is 13.1. The van der Waals surface area contributed by atoms with Gasteiger partial charge in [-0.2, -0.15) is 0 Å². The average molecular weight is 270 g/mol. The Hall–Kier alpha value is -1.98. The smallest absolute Gasteiger partial charge is 0.166 e. The third-order valence-electron chi connectivity index (χ3n) is 2.91. The lowest BCUT2D eigenvalue weighted by molar-refractivity contribution is 0.710. The summed E-state index contributed by atoms with van der Waals surface area (Å²) in [6, 6.07) is 10.1. The van der Waals surface area contributed by atoms with Gasteiger partial charge in [-0.1, -0.05) is 30.3 Å². The van der Waals surface area contributed by atoms with E-state index in [1.807, 2.05) is 35.7 Å². The van der Waals surface area contributed by atoms with E-state index in [2.05, 4.69) is 15.0 Å². The molecular formula is C14H14N4S. The van der Waals surface area contributed by atoms with E-state index in [1.165, 1.54) is 0 Å². The van der Waals surface area contributed by atoms with Crippen molar-refractivity contribution in [2.45, 2.75) is 12.5 Å². The van der Waals surface area contributed by atoms with Crippen molar-refractivity contribution < 1.29 is 0 Å². The molecule has 0 saturated carbocycles. The summed E-state index contributed by atoms with van der Waals surface area (Å²) in [4.78, 5) is 11.8. The van der Waals surface area contributed by atoms with Crippen LogP contribution < -0.4 is 5.73 Å². The molecule has 0 aliphatic rings. The van der Waals surface area contributed by atoms with E-state index in [0.717, 1.165) is 28.5 Å². The average Bonchev–Trinajstić information content (AvgIpc) is 3.10. The van der Waals surface area contributed by atoms with Crippen LogP contribution in [-0.4, -0.2) is 15.0 Å². The number of hydrogen-bond donors (Lipinski definition) is 2. The highest BCUT2D eigenvalue weighted by Crippen LogP contribution is 2.22. The summed E-state index contributed by atoms with van der Waals surface area (Å²) in [6.07, 6.45) is 4.26. The number of nitrogens with two attached hydrogens (primary N) is 1. The molecule has 1 aromatic carbocycles. The second-order valence-electron chi connectivity index (χ2n) is 4.30. The van der Waals surface area contributed by atoms with Crippen LogP contribution in [-0.2, 0) is 6.42 Å². The van der Waals surface area contributed by atoms with Gasteiger partial charge in [0.1, 0.15) is 0 Å². The normalized spacial score (nSPS) is 12.5. The molecule has 4 nitrogen and oxygen atoms in total. The molecule has 0 amide bonds. The zero-order valence-electron chi connectivity index (χ0n) is 10.3. The van der Waals surface area contributed by atoms with Gasteiger partial charge in [0.05, 0.1) is 5.69 Å². The summed E-state index contributed by atoms with van der Waals surface area (Å²) in [5.41, 5.74) is 8.34. The van der Waals surface area contributed by atoms with Crippen LogP contribution in [0.5, 0.6) is 0 Å². The summed E-state index contributed by atoms with van der Waals surface area (Å²) in [6.45, 7) is 0. The molecule has 0 aliphatic heterocycles. The van der Waals surface area contributed by atoms with Crippen LogP contribution in [0.3, 0.4) is 0 Å². The van der Waals surface area contributed by atoms with Crippen molar-refractivity contribution in [2.75, 3.05) is 0 Å². The highest BCUT2D eigenvalue weighted by atomic mass is 32.1. The van der Waals surface area contributed by atoms with Crippen molar-refractivity contribution in [3.05, 3.63) is 59.4 Å². The lowest BCUT2D eigenvalue weighted by Gasteiger charge is -2.09. The van der Waals surface area contributed by atoms with Gasteiger partial charge in [-0.15, -0.1) is 11.3 Å². The first-order valence-electron chi connectivity index (χ1n) is 6.07. The van der Waals surface area contributed by atoms with E-state index < -0.39 is 0 Å². The molecule has 1 unspecified atom stereocenters. The molecule has 3 rings (SSSR count). The minimum absolute atomic E-state index is 0.0206. The Balaban J connectivity index is 1.74. The minimum atomic E-state index is -0.0206. The highest BCUT2D eigenvalue weighted by Gasteiger charge is 2.11. The van der Waals surface area contributed by atoms with Crippen molar-refractivity contribution in [3.8, 4) is 10.8 Å². The molecule has 1 atom stereocenters. The lowest BCUT2D eigenvalue weighted by Crippen LogP contribution is -2.13. The number of H-pyrrole nitrogens is 1. The highest BCUT2D eigenvalue weighted by molar-refractivity contribution is 7.13. The van der Waals surface area contributed by atoms with Crippen molar-refractivity contribution in [2.24, 2.45) is 5.73 Å². The van der Waals surface area contributed by atoms with Crippen molar-refractivity contribution in [3.63, 3.8) is 0 Å². The van der Waals surface area contributed by atoms with E-state index in [1.54, 1.807) is 23.7 Å². The maximum Gasteiger partial charge on any atom is 0.166 e. The largest absolute Gasteiger partial charge is 0.343 e. The number of rotatable bonds is 4. The molecule has 5 heteroatoms. The van der Waals surface area contributed by atoms with E-state index in [0.29, 0.717) is 0 Å². The van der Waals surface area contributed by atoms with E-state index >= 15 is 0 Å². The summed E-state index contributed by atoms with van der Waals surface area (Å²) in [7, 11) is 0. The van der Waals surface area contributed by atoms with Crippen LogP contribution >= 0.6 is 11.3 Å². The molecule has 2 aromatic heterocycles. The van der Waals surface area contributed by atoms with Crippen LogP contribution in [0.4, 0.5) is 0 Å². The molecule has 0 fully saturated rings. The third-order valence-corrected chi connectivity index (χ3v) is 3.81. The third kappa shape index (κ3) is 2.72. The van der Waals surface area contributed by atoms with Gasteiger partial charge < -0.3 is 10.7 Å². The van der Waals surface area contributed by atoms with Crippen LogP contribution in [0, 0.1) is 0 Å². The van der Waals surface area contributed by atoms with Gasteiger partial charge in [-0.3, -0.25) is 0 Å². The van der Waals surface area contributed by atoms with Crippen molar-refractivity contribution >= 4 is 11.3 Å². The van der Waals surface area contributed by atoms with Gasteiger partial charge in [0.15, 0.2) is 10.8 Å². The fraction of sp³-hybridized carbons (Fsp3) is 0.143. The van der Waals surface area contributed by atoms with Gasteiger partial charge in [0, 0.05) is 30.2 Å². The monoisotopic (exact) mass is 270 g/mol. The Bertz CT molecular complexity index is 631. The molecule has 3 aromatic rings. The molecule has 96 valence electrons. The molecule has 0 bridgehead atoms. The number of nitrogens with zero attached hydrogens (tertiary/aromatic N) is 2. The molecule has 3 N–H and O–H groups in total. The summed E-state index contributed by atoms with van der Waals surface area (Å²) >= 11 is 1.58. The second kappa shape index (κ2) is 5.34. The molecule has 0 spiro atoms. The Morgan fingerprint density at radius 1 is 1.26 bits per heavy atom. The van der Waals surface area contributed by atoms with Gasteiger partial charge in [0.2, 0.25) is 0 Å². The van der Waals surface area contributed by atoms with Gasteiger partial charge in [0.25, 0.3) is 0 Å². The number of hydrogen-bond acceptors (Lipinski definition) is 4. The first-order valence-corrected chi connectivity index (χ1v) is 6.95. The van der Waals surface area contributed by atoms with Gasteiger partial charge >= 0.3 is 0 Å². The summed E-state index contributed by atoms with van der Waals surface area (Å²) in [5.74, 6) is 0.810. The first kappa shape index (κ1) is 12.1. The molecule has 0 aliphatic carbocycles. The number of aromatic nitrogens is 3. The maximum absolute atomic E-state index is 6.20. The summed E-state index contributed by atoms with van der Waals surface area (Å²) < 4.78 is 0. The first-order chi connectivity index (χ1) is 9.33. The zero-order valence-corrected chi connectivity index (χ0v) is 11.1. The Kier molecular flexibility index (Phi) is 3.39. The van der Waals surface area contributed by atoms with Crippen molar-refractivity contribution in [1.29, 1.82) is 0 Å². The molecule has 0 saturated heterocycles. The van der Waals surface area contributed by atoms with E-state index in [-0.39, 0.29) is 6.04 Å². The van der Waals surface area contributed by atoms with Gasteiger partial charge in [-0.05, 0) is 5.56 Å². The number of benzene rings is 1. The number of thiazole rings is 1. The maximum atomic E-state index is 6.20. The fourth-order valence-electron chi connectivity index (χ4n) is 1.94. The summed E-state index contributed by atoms with van der Waals surface area (Å²) in [5, 5.41) is 2.95.